The topological polar surface area (TPSA) is 287 Å². The molecule has 3 heterocycles. The van der Waals surface area contributed by atoms with Crippen LogP contribution in [0.4, 0.5) is 0 Å². The molecule has 15 atom stereocenters. The van der Waals surface area contributed by atoms with E-state index in [1.165, 1.54) is 25.1 Å². The molecule has 8 N–H and O–H groups in total. The van der Waals surface area contributed by atoms with Gasteiger partial charge in [0.2, 0.25) is 12.6 Å². The lowest BCUT2D eigenvalue weighted by molar-refractivity contribution is -0.346. The number of hydrogen-bond donors (Lipinski definition) is 8. The molecule has 3 fully saturated rings. The van der Waals surface area contributed by atoms with Gasteiger partial charge in [-0.05, 0) is 30.7 Å². The van der Waals surface area contributed by atoms with Crippen LogP contribution in [0.3, 0.4) is 0 Å². The van der Waals surface area contributed by atoms with Crippen molar-refractivity contribution in [1.29, 1.82) is 0 Å². The van der Waals surface area contributed by atoms with E-state index in [1.54, 1.807) is 12.1 Å². The van der Waals surface area contributed by atoms with Gasteiger partial charge >= 0.3 is 17.9 Å². The van der Waals surface area contributed by atoms with Crippen molar-refractivity contribution in [1.82, 2.24) is 0 Å². The van der Waals surface area contributed by atoms with Gasteiger partial charge in [0.25, 0.3) is 0 Å². The molecule has 0 spiro atoms. The van der Waals surface area contributed by atoms with Crippen LogP contribution in [0.1, 0.15) is 25.8 Å². The Morgan fingerprint density at radius 2 is 1.43 bits per heavy atom. The predicted molar refractivity (Wildman–Crippen MR) is 171 cm³/mol. The highest BCUT2D eigenvalue weighted by Crippen LogP contribution is 2.52. The summed E-state index contributed by atoms with van der Waals surface area (Å²) in [5, 5.41) is 80.3. The van der Waals surface area contributed by atoms with Crippen molar-refractivity contribution in [3.8, 4) is 5.75 Å². The van der Waals surface area contributed by atoms with Crippen LogP contribution < -0.4 is 4.74 Å². The summed E-state index contributed by atoms with van der Waals surface area (Å²) in [6.45, 7) is 1.31. The van der Waals surface area contributed by atoms with Crippen LogP contribution in [0, 0.1) is 11.8 Å². The van der Waals surface area contributed by atoms with E-state index in [1.807, 2.05) is 0 Å². The average molecular weight is 757 g/mol. The Morgan fingerprint density at radius 1 is 0.849 bits per heavy atom. The monoisotopic (exact) mass is 756 g/mol. The zero-order valence-corrected chi connectivity index (χ0v) is 28.8. The van der Waals surface area contributed by atoms with E-state index in [-0.39, 0.29) is 17.7 Å². The minimum absolute atomic E-state index is 0.0844. The van der Waals surface area contributed by atoms with Crippen molar-refractivity contribution in [3.63, 3.8) is 0 Å². The lowest BCUT2D eigenvalue weighted by atomic mass is 9.80. The number of aliphatic hydroxyl groups excluding tert-OH is 8. The Kier molecular flexibility index (Phi) is 12.8. The number of methoxy groups -OCH3 is 1. The van der Waals surface area contributed by atoms with Crippen molar-refractivity contribution in [2.45, 2.75) is 99.7 Å². The van der Waals surface area contributed by atoms with Gasteiger partial charge in [-0.1, -0.05) is 12.1 Å². The maximum absolute atomic E-state index is 13.2. The summed E-state index contributed by atoms with van der Waals surface area (Å²) >= 11 is 0. The first-order valence-electron chi connectivity index (χ1n) is 16.7. The number of hydrogen-bond acceptors (Lipinski definition) is 19. The van der Waals surface area contributed by atoms with Gasteiger partial charge in [-0.25, -0.2) is 9.59 Å². The number of esters is 3. The maximum Gasteiger partial charge on any atom is 0.337 e. The molecule has 4 aliphatic rings. The number of carbonyl (C=O) groups is 3. The number of ether oxygens (including phenoxy) is 8. The molecule has 0 aromatic heterocycles. The van der Waals surface area contributed by atoms with Crippen LogP contribution >= 0.6 is 0 Å². The molecule has 53 heavy (non-hydrogen) atoms. The molecule has 2 saturated heterocycles. The fourth-order valence-corrected chi connectivity index (χ4v) is 7.02. The molecule has 0 unspecified atom stereocenters. The number of carbonyl (C=O) groups excluding carboxylic acids is 3. The van der Waals surface area contributed by atoms with Crippen LogP contribution in [0.25, 0.3) is 6.08 Å². The fraction of sp³-hybridized carbons (Fsp3) is 0.618. The lowest BCUT2D eigenvalue weighted by Crippen LogP contribution is -2.61. The highest BCUT2D eigenvalue weighted by Gasteiger charge is 2.63. The van der Waals surface area contributed by atoms with Gasteiger partial charge in [0.15, 0.2) is 6.29 Å². The third kappa shape index (κ3) is 8.50. The molecule has 1 aromatic rings. The Balaban J connectivity index is 1.32. The van der Waals surface area contributed by atoms with Gasteiger partial charge in [0.1, 0.15) is 66.3 Å². The van der Waals surface area contributed by atoms with Gasteiger partial charge in [0.05, 0.1) is 38.1 Å². The Hall–Kier alpha value is -3.73. The summed E-state index contributed by atoms with van der Waals surface area (Å²) in [4.78, 5) is 38.5. The van der Waals surface area contributed by atoms with E-state index in [9.17, 15) is 55.2 Å². The van der Waals surface area contributed by atoms with Crippen LogP contribution in [0.2, 0.25) is 0 Å². The summed E-state index contributed by atoms with van der Waals surface area (Å²) < 4.78 is 44.5. The number of rotatable bonds is 11. The van der Waals surface area contributed by atoms with E-state index in [0.29, 0.717) is 5.56 Å². The van der Waals surface area contributed by atoms with Crippen LogP contribution in [-0.4, -0.2) is 158 Å². The second-order valence-corrected chi connectivity index (χ2v) is 13.3. The summed E-state index contributed by atoms with van der Waals surface area (Å²) in [6.07, 6.45) is -14.8. The molecule has 0 radical (unpaired) electrons. The molecular formula is C34H44O19. The molecule has 0 amide bonds. The van der Waals surface area contributed by atoms with Crippen molar-refractivity contribution in [3.05, 3.63) is 47.7 Å². The van der Waals surface area contributed by atoms with Crippen LogP contribution in [-0.2, 0) is 47.5 Å². The molecule has 19 heteroatoms. The average Bonchev–Trinajstić information content (AvgIpc) is 3.41. The minimum Gasteiger partial charge on any atom is -0.471 e. The fourth-order valence-electron chi connectivity index (χ4n) is 7.02. The SMILES string of the molecule is COC(=O)C1=CO[C@@H](O[C@@H]2O[C@H](CO)[C@@H](O)[C@H](O)[C@H]2O)[C@H]2[C@@H]1[C@H](OC(=O)C=Cc1ccc(O[C@H]3O[C@@H](CO)[C@H](O)[C@@H](O)[C@@H]3O)cc1)C[C@]2(C)OC(C)=O. The molecule has 19 nitrogen and oxygen atoms in total. The zero-order valence-electron chi connectivity index (χ0n) is 28.8. The van der Waals surface area contributed by atoms with Crippen LogP contribution in [0.5, 0.6) is 5.75 Å². The smallest absolute Gasteiger partial charge is 0.337 e. The third-order valence-corrected chi connectivity index (χ3v) is 9.66. The van der Waals surface area contributed by atoms with Crippen molar-refractivity contribution < 1.29 is 93.1 Å². The second kappa shape index (κ2) is 16.7. The summed E-state index contributed by atoms with van der Waals surface area (Å²) in [5.41, 5.74) is -1.11. The number of fused-ring (bicyclic) bond motifs is 1. The van der Waals surface area contributed by atoms with Gasteiger partial charge < -0.3 is 78.7 Å². The first-order chi connectivity index (χ1) is 25.1. The Labute approximate surface area is 302 Å². The van der Waals surface area contributed by atoms with Gasteiger partial charge in [-0.3, -0.25) is 4.79 Å². The molecule has 1 aromatic carbocycles. The first kappa shape index (κ1) is 40.5. The van der Waals surface area contributed by atoms with Crippen molar-refractivity contribution in [2.75, 3.05) is 20.3 Å². The molecule has 5 rings (SSSR count). The first-order valence-corrected chi connectivity index (χ1v) is 16.7. The highest BCUT2D eigenvalue weighted by molar-refractivity contribution is 5.90. The summed E-state index contributed by atoms with van der Waals surface area (Å²) in [5.74, 6) is -4.40. The van der Waals surface area contributed by atoms with Crippen LogP contribution in [0.15, 0.2) is 42.2 Å². The van der Waals surface area contributed by atoms with E-state index < -0.39 is 122 Å². The van der Waals surface area contributed by atoms with Gasteiger partial charge in [-0.2, -0.15) is 0 Å². The summed E-state index contributed by atoms with van der Waals surface area (Å²) in [7, 11) is 1.12. The lowest BCUT2D eigenvalue weighted by Gasteiger charge is -2.44. The minimum atomic E-state index is -1.81. The zero-order chi connectivity index (χ0) is 38.8. The van der Waals surface area contributed by atoms with E-state index in [2.05, 4.69) is 0 Å². The molecule has 1 aliphatic carbocycles. The van der Waals surface area contributed by atoms with Gasteiger partial charge in [-0.15, -0.1) is 0 Å². The Morgan fingerprint density at radius 3 is 2.00 bits per heavy atom. The maximum atomic E-state index is 13.2. The van der Waals surface area contributed by atoms with E-state index in [4.69, 9.17) is 37.9 Å². The quantitative estimate of drug-likeness (QED) is 0.0633. The Bertz CT molecular complexity index is 1510. The van der Waals surface area contributed by atoms with Gasteiger partial charge in [0, 0.05) is 25.3 Å². The molecule has 0 bridgehead atoms. The second-order valence-electron chi connectivity index (χ2n) is 13.3. The largest absolute Gasteiger partial charge is 0.471 e. The van der Waals surface area contributed by atoms with E-state index >= 15 is 0 Å². The third-order valence-electron chi connectivity index (χ3n) is 9.66. The highest BCUT2D eigenvalue weighted by atomic mass is 16.8. The predicted octanol–water partition coefficient (Wildman–Crippen LogP) is -3.02. The van der Waals surface area contributed by atoms with Crippen molar-refractivity contribution in [2.24, 2.45) is 11.8 Å². The van der Waals surface area contributed by atoms with Crippen molar-refractivity contribution >= 4 is 24.0 Å². The molecule has 1 saturated carbocycles. The number of benzene rings is 1. The normalized spacial score (nSPS) is 39.7. The molecule has 3 aliphatic heterocycles. The molecule has 294 valence electrons. The van der Waals surface area contributed by atoms with E-state index in [0.717, 1.165) is 26.4 Å². The summed E-state index contributed by atoms with van der Waals surface area (Å²) in [6, 6.07) is 6.04. The molecular weight excluding hydrogens is 712 g/mol. The number of aliphatic hydroxyl groups is 8. The standard InChI is InChI=1S/C34H44O19/c1-14(37)53-34(2)10-18(22-17(30(45)46-3)13-47-31(23(22)34)52-33-29(44)27(42)25(40)20(12-36)51-33)49-21(38)9-6-15-4-7-16(8-5-15)48-32-28(43)26(41)24(39)19(11-35)50-32/h4-9,13,18-20,22-29,31-33,35-36,39-44H,10-12H2,1-3H3/t18-,19+,20-,22+,23-,24+,25-,26-,27+,28+,29-,31+,32+,33+,34+/m1/s1.